The molecule has 10 heavy (non-hydrogen) atoms. The summed E-state index contributed by atoms with van der Waals surface area (Å²) in [5, 5.41) is 0. The maximum atomic E-state index is 2.26. The molecule has 0 nitrogen and oxygen atoms in total. The Kier molecular flexibility index (Phi) is 6.89. The molecular weight excluding hydrogens is 120 g/mol. The average Bonchev–Trinajstić information content (AvgIpc) is 1.87. The molecule has 0 atom stereocenters. The Labute approximate surface area is 66.0 Å². The fourth-order valence-corrected chi connectivity index (χ4v) is 1.08. The van der Waals surface area contributed by atoms with Gasteiger partial charge in [0.05, 0.1) is 26.2 Å². The average molecular weight is 141 g/mol. The quantitative estimate of drug-likeness (QED) is 0.388. The molecule has 0 radical (unpaired) electrons. The van der Waals surface area contributed by atoms with E-state index in [9.17, 15) is 0 Å². The molecule has 0 saturated heterocycles. The van der Waals surface area contributed by atoms with Crippen molar-refractivity contribution in [1.29, 1.82) is 0 Å². The van der Waals surface area contributed by atoms with Gasteiger partial charge in [0.25, 0.3) is 0 Å². The van der Waals surface area contributed by atoms with Crippen LogP contribution in [-0.4, -0.2) is 0 Å². The van der Waals surface area contributed by atoms with E-state index in [4.69, 9.17) is 0 Å². The summed E-state index contributed by atoms with van der Waals surface area (Å²) in [6.45, 7) is 6.71. The van der Waals surface area contributed by atoms with Crippen LogP contribution >= 0.6 is 0 Å². The van der Waals surface area contributed by atoms with Crippen molar-refractivity contribution in [3.05, 3.63) is 5.92 Å². The van der Waals surface area contributed by atoms with Gasteiger partial charge in [-0.15, -0.1) is 0 Å². The molecule has 0 fully saturated rings. The summed E-state index contributed by atoms with van der Waals surface area (Å²) >= 11 is 0. The molecule has 0 rings (SSSR count). The zero-order valence-electron chi connectivity index (χ0n) is 7.74. The summed E-state index contributed by atoms with van der Waals surface area (Å²) in [6.07, 6.45) is 8.38. The second-order valence-electron chi connectivity index (χ2n) is 3.37. The van der Waals surface area contributed by atoms with Gasteiger partial charge in [0.15, 0.2) is 0 Å². The molecule has 0 heterocycles. The molecule has 0 aromatic rings. The van der Waals surface area contributed by atoms with Gasteiger partial charge < -0.3 is 0 Å². The van der Waals surface area contributed by atoms with Crippen LogP contribution < -0.4 is 0 Å². The molecule has 0 aromatic carbocycles. The predicted octanol–water partition coefficient (Wildman–Crippen LogP) is 3.96. The summed E-state index contributed by atoms with van der Waals surface area (Å²) in [7, 11) is 0. The molecule has 0 spiro atoms. The van der Waals surface area contributed by atoms with Crippen LogP contribution in [0.2, 0.25) is 0 Å². The molecule has 0 saturated carbocycles. The van der Waals surface area contributed by atoms with Gasteiger partial charge in [-0.25, -0.2) is 0 Å². The summed E-state index contributed by atoms with van der Waals surface area (Å²) in [5.41, 5.74) is 0. The number of hydrogen-bond acceptors (Lipinski definition) is 0. The van der Waals surface area contributed by atoms with Crippen LogP contribution in [0.5, 0.6) is 0 Å². The lowest BCUT2D eigenvalue weighted by Crippen LogP contribution is -1.84. The van der Waals surface area contributed by atoms with Crippen LogP contribution in [0.25, 0.3) is 0 Å². The minimum absolute atomic E-state index is 1.34. The van der Waals surface area contributed by atoms with Gasteiger partial charge >= 0.3 is 0 Å². The standard InChI is InChI=1S/C10H21/c1-4-5-6-7-8-9-10(2)3/h4-9H2,1-3H3/q+1. The van der Waals surface area contributed by atoms with E-state index in [0.717, 1.165) is 0 Å². The van der Waals surface area contributed by atoms with Crippen LogP contribution in [0.1, 0.15) is 59.3 Å². The van der Waals surface area contributed by atoms with Crippen molar-refractivity contribution < 1.29 is 0 Å². The van der Waals surface area contributed by atoms with Gasteiger partial charge in [-0.05, 0) is 12.8 Å². The van der Waals surface area contributed by atoms with Crippen molar-refractivity contribution in [1.82, 2.24) is 0 Å². The highest BCUT2D eigenvalue weighted by molar-refractivity contribution is 4.75. The first-order valence-corrected chi connectivity index (χ1v) is 4.56. The van der Waals surface area contributed by atoms with Crippen LogP contribution in [-0.2, 0) is 0 Å². The molecule has 0 aliphatic heterocycles. The van der Waals surface area contributed by atoms with Crippen molar-refractivity contribution in [3.8, 4) is 0 Å². The minimum atomic E-state index is 1.34. The second-order valence-corrected chi connectivity index (χ2v) is 3.37. The summed E-state index contributed by atoms with van der Waals surface area (Å²) in [5.74, 6) is 1.58. The van der Waals surface area contributed by atoms with Gasteiger partial charge in [-0.1, -0.05) is 26.2 Å². The fraction of sp³-hybridized carbons (Fsp3) is 0.900. The maximum absolute atomic E-state index is 2.26. The zero-order chi connectivity index (χ0) is 7.82. The topological polar surface area (TPSA) is 0 Å². The highest BCUT2D eigenvalue weighted by atomic mass is 14.0. The van der Waals surface area contributed by atoms with Crippen LogP contribution in [0.4, 0.5) is 0 Å². The molecular formula is C10H21+. The third-order valence-electron chi connectivity index (χ3n) is 1.78. The number of hydrogen-bond donors (Lipinski definition) is 0. The smallest absolute Gasteiger partial charge is 0.0654 e. The maximum Gasteiger partial charge on any atom is 0.0894 e. The Morgan fingerprint density at radius 3 is 2.00 bits per heavy atom. The Bertz CT molecular complexity index is 55.1. The fourth-order valence-electron chi connectivity index (χ4n) is 1.08. The summed E-state index contributed by atoms with van der Waals surface area (Å²) in [4.78, 5) is 0. The van der Waals surface area contributed by atoms with Crippen LogP contribution in [0.3, 0.4) is 0 Å². The van der Waals surface area contributed by atoms with Crippen molar-refractivity contribution in [2.45, 2.75) is 59.3 Å². The molecule has 0 bridgehead atoms. The molecule has 0 aliphatic carbocycles. The zero-order valence-corrected chi connectivity index (χ0v) is 7.74. The SMILES string of the molecule is CCCCCCC[C+](C)C. The van der Waals surface area contributed by atoms with E-state index in [1.165, 1.54) is 38.5 Å². The van der Waals surface area contributed by atoms with Crippen LogP contribution in [0.15, 0.2) is 0 Å². The summed E-state index contributed by atoms with van der Waals surface area (Å²) < 4.78 is 0. The van der Waals surface area contributed by atoms with E-state index >= 15 is 0 Å². The normalized spacial score (nSPS) is 9.90. The van der Waals surface area contributed by atoms with E-state index in [-0.39, 0.29) is 0 Å². The lowest BCUT2D eigenvalue weighted by Gasteiger charge is -1.96. The Balaban J connectivity index is 2.77. The molecule has 60 valence electrons. The van der Waals surface area contributed by atoms with E-state index in [1.54, 1.807) is 5.92 Å². The largest absolute Gasteiger partial charge is 0.0894 e. The van der Waals surface area contributed by atoms with E-state index in [1.807, 2.05) is 0 Å². The monoisotopic (exact) mass is 141 g/mol. The Morgan fingerprint density at radius 1 is 0.900 bits per heavy atom. The van der Waals surface area contributed by atoms with E-state index in [0.29, 0.717) is 0 Å². The Morgan fingerprint density at radius 2 is 1.50 bits per heavy atom. The van der Waals surface area contributed by atoms with Gasteiger partial charge in [0, 0.05) is 0 Å². The first kappa shape index (κ1) is 9.87. The molecule has 0 aliphatic rings. The first-order chi connectivity index (χ1) is 4.77. The predicted molar refractivity (Wildman–Crippen MR) is 48.0 cm³/mol. The third kappa shape index (κ3) is 7.87. The second kappa shape index (κ2) is 6.98. The lowest BCUT2D eigenvalue weighted by atomic mass is 10.0. The van der Waals surface area contributed by atoms with Crippen molar-refractivity contribution in [3.63, 3.8) is 0 Å². The highest BCUT2D eigenvalue weighted by Gasteiger charge is 2.01. The van der Waals surface area contributed by atoms with Crippen LogP contribution in [0, 0.1) is 5.92 Å². The molecule has 0 heteroatoms. The lowest BCUT2D eigenvalue weighted by molar-refractivity contribution is 0.614. The first-order valence-electron chi connectivity index (χ1n) is 4.56. The molecule has 0 N–H and O–H groups in total. The number of rotatable bonds is 6. The van der Waals surface area contributed by atoms with E-state index < -0.39 is 0 Å². The van der Waals surface area contributed by atoms with E-state index in [2.05, 4.69) is 20.8 Å². The van der Waals surface area contributed by atoms with Gasteiger partial charge in [0.2, 0.25) is 0 Å². The minimum Gasteiger partial charge on any atom is -0.0654 e. The summed E-state index contributed by atoms with van der Waals surface area (Å²) in [6, 6.07) is 0. The van der Waals surface area contributed by atoms with Gasteiger partial charge in [-0.2, -0.15) is 0 Å². The van der Waals surface area contributed by atoms with Crippen molar-refractivity contribution in [2.75, 3.05) is 0 Å². The molecule has 0 unspecified atom stereocenters. The van der Waals surface area contributed by atoms with Gasteiger partial charge in [0.1, 0.15) is 0 Å². The number of unbranched alkanes of at least 4 members (excludes halogenated alkanes) is 4. The van der Waals surface area contributed by atoms with Crippen molar-refractivity contribution >= 4 is 0 Å². The Hall–Kier alpha value is -0.130. The third-order valence-corrected chi connectivity index (χ3v) is 1.78. The molecule has 0 aromatic heterocycles. The highest BCUT2D eigenvalue weighted by Crippen LogP contribution is 2.11. The van der Waals surface area contributed by atoms with Crippen molar-refractivity contribution in [2.24, 2.45) is 0 Å². The molecule has 0 amide bonds. The van der Waals surface area contributed by atoms with Gasteiger partial charge in [-0.3, -0.25) is 0 Å².